The first kappa shape index (κ1) is 13.5. The molecular weight excluding hydrogens is 294 g/mol. The number of aromatic nitrogens is 2. The molecule has 1 aromatic carbocycles. The summed E-state index contributed by atoms with van der Waals surface area (Å²) in [7, 11) is -3.19. The number of fused-ring (bicyclic) bond motifs is 1. The number of hydrogen-bond acceptors (Lipinski definition) is 3. The van der Waals surface area contributed by atoms with E-state index >= 15 is 0 Å². The van der Waals surface area contributed by atoms with E-state index < -0.39 is 10.0 Å². The van der Waals surface area contributed by atoms with Crippen LogP contribution < -0.4 is 4.72 Å². The number of halogens is 1. The Labute approximate surface area is 115 Å². The molecule has 2 rings (SSSR count). The monoisotopic (exact) mass is 305 g/mol. The van der Waals surface area contributed by atoms with Crippen molar-refractivity contribution in [3.63, 3.8) is 0 Å². The number of nitrogens with zero attached hydrogens (tertiary/aromatic N) is 1. The van der Waals surface area contributed by atoms with Crippen LogP contribution in [0.4, 0.5) is 0 Å². The highest BCUT2D eigenvalue weighted by Gasteiger charge is 2.06. The van der Waals surface area contributed by atoms with Gasteiger partial charge >= 0.3 is 0 Å². The number of rotatable bonds is 4. The summed E-state index contributed by atoms with van der Waals surface area (Å²) in [6.45, 7) is 0.735. The van der Waals surface area contributed by atoms with Crippen LogP contribution in [0.15, 0.2) is 18.2 Å². The minimum Gasteiger partial charge on any atom is -0.331 e. The molecule has 0 spiro atoms. The molecule has 0 aliphatic heterocycles. The normalized spacial score (nSPS) is 12.1. The van der Waals surface area contributed by atoms with E-state index in [9.17, 15) is 8.42 Å². The molecule has 0 saturated heterocycles. The summed E-state index contributed by atoms with van der Waals surface area (Å²) in [5.41, 5.74) is 1.74. The van der Waals surface area contributed by atoms with E-state index in [1.54, 1.807) is 12.1 Å². The van der Waals surface area contributed by atoms with Crippen LogP contribution in [0.25, 0.3) is 11.0 Å². The molecule has 0 unspecified atom stereocenters. The molecular formula is C10H12ClN3O2S2. The van der Waals surface area contributed by atoms with Gasteiger partial charge in [0.05, 0.1) is 17.3 Å². The molecule has 0 atom stereocenters. The summed E-state index contributed by atoms with van der Waals surface area (Å²) >= 11 is 11.1. The molecule has 0 amide bonds. The molecule has 5 nitrogen and oxygen atoms in total. The van der Waals surface area contributed by atoms with Crippen LogP contribution in [-0.4, -0.2) is 30.8 Å². The Morgan fingerprint density at radius 1 is 1.50 bits per heavy atom. The third kappa shape index (κ3) is 3.11. The zero-order chi connectivity index (χ0) is 13.3. The number of nitrogens with one attached hydrogen (secondary N) is 2. The molecule has 0 saturated carbocycles. The quantitative estimate of drug-likeness (QED) is 0.848. The Hall–Kier alpha value is -0.890. The highest BCUT2D eigenvalue weighted by Crippen LogP contribution is 2.19. The van der Waals surface area contributed by atoms with Crippen molar-refractivity contribution in [1.29, 1.82) is 0 Å². The average Bonchev–Trinajstić information content (AvgIpc) is 2.54. The van der Waals surface area contributed by atoms with E-state index in [-0.39, 0.29) is 6.54 Å². The van der Waals surface area contributed by atoms with Gasteiger partial charge in [0.25, 0.3) is 0 Å². The van der Waals surface area contributed by atoms with E-state index in [2.05, 4.69) is 9.71 Å². The Balaban J connectivity index is 2.30. The number of aromatic amines is 1. The van der Waals surface area contributed by atoms with Gasteiger partial charge in [0.15, 0.2) is 4.77 Å². The lowest BCUT2D eigenvalue weighted by molar-refractivity contribution is 0.579. The number of benzene rings is 1. The SMILES string of the molecule is CS(=O)(=O)NCCn1c(=S)[nH]c2ccc(Cl)cc21. The number of H-pyrrole nitrogens is 1. The molecule has 1 aromatic heterocycles. The summed E-state index contributed by atoms with van der Waals surface area (Å²) in [6.07, 6.45) is 1.12. The predicted molar refractivity (Wildman–Crippen MR) is 75.0 cm³/mol. The van der Waals surface area contributed by atoms with Crippen LogP contribution in [0.2, 0.25) is 5.02 Å². The van der Waals surface area contributed by atoms with Gasteiger partial charge in [0, 0.05) is 18.1 Å². The molecule has 0 aliphatic carbocycles. The number of imidazole rings is 1. The molecule has 98 valence electrons. The van der Waals surface area contributed by atoms with Crippen molar-refractivity contribution in [3.05, 3.63) is 28.0 Å². The maximum atomic E-state index is 11.0. The lowest BCUT2D eigenvalue weighted by Crippen LogP contribution is -2.26. The van der Waals surface area contributed by atoms with E-state index in [1.165, 1.54) is 0 Å². The lowest BCUT2D eigenvalue weighted by Gasteiger charge is -2.05. The molecule has 1 heterocycles. The third-order valence-corrected chi connectivity index (χ3v) is 3.72. The number of sulfonamides is 1. The molecule has 18 heavy (non-hydrogen) atoms. The van der Waals surface area contributed by atoms with Gasteiger partial charge < -0.3 is 9.55 Å². The van der Waals surface area contributed by atoms with Gasteiger partial charge in [-0.3, -0.25) is 0 Å². The first-order chi connectivity index (χ1) is 8.37. The molecule has 0 fully saturated rings. The predicted octanol–water partition coefficient (Wildman–Crippen LogP) is 1.90. The highest BCUT2D eigenvalue weighted by atomic mass is 35.5. The van der Waals surface area contributed by atoms with Gasteiger partial charge in [-0.25, -0.2) is 13.1 Å². The molecule has 2 aromatic rings. The van der Waals surface area contributed by atoms with Gasteiger partial charge in [-0.05, 0) is 30.4 Å². The molecule has 0 aliphatic rings. The van der Waals surface area contributed by atoms with Gasteiger partial charge in [-0.2, -0.15) is 0 Å². The lowest BCUT2D eigenvalue weighted by atomic mass is 10.3. The highest BCUT2D eigenvalue weighted by molar-refractivity contribution is 7.88. The second-order valence-electron chi connectivity index (χ2n) is 3.91. The van der Waals surface area contributed by atoms with Crippen LogP contribution >= 0.6 is 23.8 Å². The van der Waals surface area contributed by atoms with Crippen molar-refractivity contribution in [1.82, 2.24) is 14.3 Å². The fourth-order valence-electron chi connectivity index (χ4n) is 1.69. The van der Waals surface area contributed by atoms with Crippen molar-refractivity contribution >= 4 is 44.9 Å². The van der Waals surface area contributed by atoms with Crippen LogP contribution in [0.3, 0.4) is 0 Å². The van der Waals surface area contributed by atoms with Crippen molar-refractivity contribution < 1.29 is 8.42 Å². The fraction of sp³-hybridized carbons (Fsp3) is 0.300. The maximum Gasteiger partial charge on any atom is 0.208 e. The van der Waals surface area contributed by atoms with Gasteiger partial charge in [0.2, 0.25) is 10.0 Å². The summed E-state index contributed by atoms with van der Waals surface area (Å²) in [5.74, 6) is 0. The Bertz CT molecular complexity index is 733. The smallest absolute Gasteiger partial charge is 0.208 e. The molecule has 8 heteroatoms. The first-order valence-corrected chi connectivity index (χ1v) is 7.87. The van der Waals surface area contributed by atoms with Crippen LogP contribution in [-0.2, 0) is 16.6 Å². The van der Waals surface area contributed by atoms with Crippen LogP contribution in [0, 0.1) is 4.77 Å². The van der Waals surface area contributed by atoms with Gasteiger partial charge in [0.1, 0.15) is 0 Å². The second-order valence-corrected chi connectivity index (χ2v) is 6.57. The van der Waals surface area contributed by atoms with E-state index in [1.807, 2.05) is 10.6 Å². The van der Waals surface area contributed by atoms with Gasteiger partial charge in [-0.1, -0.05) is 11.6 Å². The largest absolute Gasteiger partial charge is 0.331 e. The molecule has 0 radical (unpaired) electrons. The van der Waals surface area contributed by atoms with Crippen molar-refractivity contribution in [3.8, 4) is 0 Å². The van der Waals surface area contributed by atoms with Crippen LogP contribution in [0.5, 0.6) is 0 Å². The summed E-state index contributed by atoms with van der Waals surface area (Å²) in [6, 6.07) is 5.41. The minimum absolute atomic E-state index is 0.284. The standard InChI is InChI=1S/C10H12ClN3O2S2/c1-18(15,16)12-4-5-14-9-6-7(11)2-3-8(9)13-10(14)17/h2-3,6,12H,4-5H2,1H3,(H,13,17). The molecule has 0 bridgehead atoms. The first-order valence-electron chi connectivity index (χ1n) is 5.19. The van der Waals surface area contributed by atoms with Gasteiger partial charge in [-0.15, -0.1) is 0 Å². The van der Waals surface area contributed by atoms with E-state index in [0.29, 0.717) is 16.3 Å². The summed E-state index contributed by atoms with van der Waals surface area (Å²) in [5, 5.41) is 0.612. The van der Waals surface area contributed by atoms with Crippen molar-refractivity contribution in [2.24, 2.45) is 0 Å². The second kappa shape index (κ2) is 5.00. The van der Waals surface area contributed by atoms with Crippen molar-refractivity contribution in [2.75, 3.05) is 12.8 Å². The summed E-state index contributed by atoms with van der Waals surface area (Å²) in [4.78, 5) is 3.04. The van der Waals surface area contributed by atoms with Crippen LogP contribution in [0.1, 0.15) is 0 Å². The van der Waals surface area contributed by atoms with Crippen molar-refractivity contribution in [2.45, 2.75) is 6.54 Å². The van der Waals surface area contributed by atoms with E-state index in [4.69, 9.17) is 23.8 Å². The summed E-state index contributed by atoms with van der Waals surface area (Å²) < 4.78 is 26.8. The molecule has 2 N–H and O–H groups in total. The fourth-order valence-corrected chi connectivity index (χ4v) is 2.62. The number of hydrogen-bond donors (Lipinski definition) is 2. The Kier molecular flexibility index (Phi) is 3.76. The van der Waals surface area contributed by atoms with E-state index in [0.717, 1.165) is 17.3 Å². The topological polar surface area (TPSA) is 66.9 Å². The maximum absolute atomic E-state index is 11.0. The zero-order valence-electron chi connectivity index (χ0n) is 9.60. The Morgan fingerprint density at radius 2 is 2.22 bits per heavy atom. The third-order valence-electron chi connectivity index (χ3n) is 2.44. The minimum atomic E-state index is -3.19. The Morgan fingerprint density at radius 3 is 2.89 bits per heavy atom. The average molecular weight is 306 g/mol. The zero-order valence-corrected chi connectivity index (χ0v) is 12.0.